The second-order valence-electron chi connectivity index (χ2n) is 10.9. The molecule has 4 rings (SSSR count). The van der Waals surface area contributed by atoms with E-state index in [1.54, 1.807) is 0 Å². The summed E-state index contributed by atoms with van der Waals surface area (Å²) in [6, 6.07) is 13.6. The van der Waals surface area contributed by atoms with Crippen molar-refractivity contribution in [1.82, 2.24) is 0 Å². The maximum atomic E-state index is 6.43. The average Bonchev–Trinajstić information content (AvgIpc) is 2.62. The van der Waals surface area contributed by atoms with Gasteiger partial charge in [0.2, 0.25) is 0 Å². The monoisotopic (exact) mass is 397 g/mol. The molecule has 0 radical (unpaired) electrons. The van der Waals surface area contributed by atoms with Crippen LogP contribution in [0, 0.1) is 24.7 Å². The van der Waals surface area contributed by atoms with Crippen LogP contribution < -0.4 is 5.73 Å². The van der Waals surface area contributed by atoms with Crippen molar-refractivity contribution < 1.29 is 0 Å². The van der Waals surface area contributed by atoms with E-state index in [9.17, 15) is 0 Å². The van der Waals surface area contributed by atoms with Crippen LogP contribution in [0.5, 0.6) is 0 Å². The molecule has 1 nitrogen and oxygen atoms in total. The first-order valence-electron chi connectivity index (χ1n) is 11.0. The van der Waals surface area contributed by atoms with Gasteiger partial charge in [0.25, 0.3) is 0 Å². The molecule has 0 unspecified atom stereocenters. The molecule has 0 spiro atoms. The average molecular weight is 398 g/mol. The Balaban J connectivity index is 1.95. The molecule has 0 saturated heterocycles. The van der Waals surface area contributed by atoms with Crippen molar-refractivity contribution in [3.05, 3.63) is 65.2 Å². The molecule has 0 atom stereocenters. The molecule has 2 N–H and O–H groups in total. The van der Waals surface area contributed by atoms with Gasteiger partial charge >= 0.3 is 0 Å². The van der Waals surface area contributed by atoms with E-state index in [-0.39, 0.29) is 10.8 Å². The van der Waals surface area contributed by atoms with Crippen LogP contribution in [-0.4, -0.2) is 0 Å². The largest absolute Gasteiger partial charge is 0.398 e. The normalized spacial score (nSPS) is 13.0. The number of hydrogen-bond acceptors (Lipinski definition) is 1. The van der Waals surface area contributed by atoms with E-state index in [2.05, 4.69) is 91.4 Å². The number of anilines is 1. The van der Waals surface area contributed by atoms with Gasteiger partial charge in [0.1, 0.15) is 0 Å². The summed E-state index contributed by atoms with van der Waals surface area (Å²) in [6.07, 6.45) is 2.16. The number of hydrogen-bond donors (Lipinski definition) is 1. The summed E-state index contributed by atoms with van der Waals surface area (Å²) in [5.74, 6) is 0. The summed E-state index contributed by atoms with van der Waals surface area (Å²) in [5.41, 5.74) is 12.9. The number of rotatable bonds is 5. The minimum atomic E-state index is 0.133. The molecular formula is C29H35N. The molecule has 0 aromatic heterocycles. The first kappa shape index (κ1) is 20.7. The fourth-order valence-electron chi connectivity index (χ4n) is 5.54. The first-order chi connectivity index (χ1) is 13.9. The van der Waals surface area contributed by atoms with Gasteiger partial charge in [-0.05, 0) is 94.1 Å². The van der Waals surface area contributed by atoms with E-state index in [4.69, 9.17) is 5.73 Å². The van der Waals surface area contributed by atoms with Crippen LogP contribution in [0.15, 0.2) is 48.6 Å². The van der Waals surface area contributed by atoms with Crippen LogP contribution in [0.4, 0.5) is 5.69 Å². The lowest BCUT2D eigenvalue weighted by Gasteiger charge is -2.36. The molecule has 1 heteroatoms. The maximum absolute atomic E-state index is 6.43. The van der Waals surface area contributed by atoms with Gasteiger partial charge in [-0.3, -0.25) is 0 Å². The SMILES string of the molecule is C=C(C)C(C)(C)CC(C)(C)Cc1cc(C)c2ccc3c(C)cc(N)c4ccc1c2c34. The number of nitrogens with two attached hydrogens (primary N) is 1. The summed E-state index contributed by atoms with van der Waals surface area (Å²) in [6.45, 7) is 20.2. The predicted molar refractivity (Wildman–Crippen MR) is 135 cm³/mol. The fourth-order valence-corrected chi connectivity index (χ4v) is 5.54. The van der Waals surface area contributed by atoms with E-state index in [1.165, 1.54) is 54.6 Å². The molecule has 0 saturated carbocycles. The van der Waals surface area contributed by atoms with E-state index in [0.717, 1.165) is 18.5 Å². The quantitative estimate of drug-likeness (QED) is 0.204. The Kier molecular flexibility index (Phi) is 4.65. The van der Waals surface area contributed by atoms with E-state index in [1.807, 2.05) is 0 Å². The summed E-state index contributed by atoms with van der Waals surface area (Å²) in [5, 5.41) is 7.92. The molecule has 0 amide bonds. The van der Waals surface area contributed by atoms with Gasteiger partial charge in [0.05, 0.1) is 0 Å². The highest BCUT2D eigenvalue weighted by Crippen LogP contribution is 2.44. The Morgan fingerprint density at radius 1 is 0.833 bits per heavy atom. The molecule has 0 aliphatic rings. The smallest absolute Gasteiger partial charge is 0.0397 e. The molecule has 4 aromatic carbocycles. The second-order valence-corrected chi connectivity index (χ2v) is 10.9. The van der Waals surface area contributed by atoms with E-state index in [0.29, 0.717) is 0 Å². The van der Waals surface area contributed by atoms with Crippen LogP contribution in [-0.2, 0) is 6.42 Å². The number of nitrogen functional groups attached to an aromatic ring is 1. The molecule has 0 bridgehead atoms. The molecule has 4 aromatic rings. The van der Waals surface area contributed by atoms with Gasteiger partial charge in [-0.25, -0.2) is 0 Å². The molecule has 0 fully saturated rings. The fraction of sp³-hybridized carbons (Fsp3) is 0.379. The van der Waals surface area contributed by atoms with Crippen molar-refractivity contribution in [3.63, 3.8) is 0 Å². The van der Waals surface area contributed by atoms with E-state index < -0.39 is 0 Å². The Labute approximate surface area is 181 Å². The van der Waals surface area contributed by atoms with Crippen molar-refractivity contribution in [2.75, 3.05) is 5.73 Å². The van der Waals surface area contributed by atoms with Crippen molar-refractivity contribution in [2.45, 2.75) is 61.3 Å². The lowest BCUT2D eigenvalue weighted by Crippen LogP contribution is -2.26. The molecule has 30 heavy (non-hydrogen) atoms. The molecule has 0 heterocycles. The van der Waals surface area contributed by atoms with Crippen LogP contribution in [0.25, 0.3) is 32.3 Å². The first-order valence-corrected chi connectivity index (χ1v) is 11.0. The van der Waals surface area contributed by atoms with Gasteiger partial charge in [-0.2, -0.15) is 0 Å². The molecule has 0 aliphatic heterocycles. The lowest BCUT2D eigenvalue weighted by atomic mass is 9.69. The minimum absolute atomic E-state index is 0.133. The topological polar surface area (TPSA) is 26.0 Å². The van der Waals surface area contributed by atoms with Crippen molar-refractivity contribution in [2.24, 2.45) is 10.8 Å². The Hall–Kier alpha value is -2.54. The van der Waals surface area contributed by atoms with Crippen LogP contribution in [0.3, 0.4) is 0 Å². The minimum Gasteiger partial charge on any atom is -0.398 e. The Morgan fingerprint density at radius 2 is 1.33 bits per heavy atom. The van der Waals surface area contributed by atoms with E-state index >= 15 is 0 Å². The van der Waals surface area contributed by atoms with Gasteiger partial charge in [-0.15, -0.1) is 0 Å². The van der Waals surface area contributed by atoms with Gasteiger partial charge in [-0.1, -0.05) is 70.2 Å². The number of aryl methyl sites for hydroxylation is 2. The Morgan fingerprint density at radius 3 is 1.93 bits per heavy atom. The van der Waals surface area contributed by atoms with Crippen molar-refractivity contribution in [3.8, 4) is 0 Å². The number of benzene rings is 4. The zero-order chi connectivity index (χ0) is 22.0. The second kappa shape index (κ2) is 6.74. The van der Waals surface area contributed by atoms with Gasteiger partial charge in [0, 0.05) is 11.1 Å². The number of allylic oxidation sites excluding steroid dienone is 1. The summed E-state index contributed by atoms with van der Waals surface area (Å²) < 4.78 is 0. The van der Waals surface area contributed by atoms with Crippen molar-refractivity contribution in [1.29, 1.82) is 0 Å². The summed E-state index contributed by atoms with van der Waals surface area (Å²) in [4.78, 5) is 0. The standard InChI is InChI=1S/C29H35N/c1-17(2)29(7,8)16-28(5,6)15-20-13-18(3)21-9-10-22-19(4)14-25(30)24-12-11-23(20)26(21)27(22)24/h9-14H,1,15-16,30H2,2-8H3. The molecular weight excluding hydrogens is 362 g/mol. The highest BCUT2D eigenvalue weighted by molar-refractivity contribution is 6.26. The highest BCUT2D eigenvalue weighted by atomic mass is 14.6. The van der Waals surface area contributed by atoms with Crippen LogP contribution >= 0.6 is 0 Å². The van der Waals surface area contributed by atoms with Crippen LogP contribution in [0.2, 0.25) is 0 Å². The molecule has 0 aliphatic carbocycles. The maximum Gasteiger partial charge on any atom is 0.0397 e. The third-order valence-corrected chi connectivity index (χ3v) is 7.17. The molecule has 156 valence electrons. The zero-order valence-electron chi connectivity index (χ0n) is 19.7. The Bertz CT molecular complexity index is 1270. The third-order valence-electron chi connectivity index (χ3n) is 7.17. The summed E-state index contributed by atoms with van der Waals surface area (Å²) in [7, 11) is 0. The summed E-state index contributed by atoms with van der Waals surface area (Å²) >= 11 is 0. The van der Waals surface area contributed by atoms with Crippen molar-refractivity contribution >= 4 is 38.0 Å². The predicted octanol–water partition coefficient (Wildman–Crippen LogP) is 8.34. The highest BCUT2D eigenvalue weighted by Gasteiger charge is 2.30. The van der Waals surface area contributed by atoms with Gasteiger partial charge < -0.3 is 5.73 Å². The zero-order valence-corrected chi connectivity index (χ0v) is 19.7. The van der Waals surface area contributed by atoms with Gasteiger partial charge in [0.15, 0.2) is 0 Å². The lowest BCUT2D eigenvalue weighted by molar-refractivity contribution is 0.226. The third kappa shape index (κ3) is 3.25. The van der Waals surface area contributed by atoms with Crippen LogP contribution in [0.1, 0.15) is 57.7 Å².